The van der Waals surface area contributed by atoms with Crippen LogP contribution in [0.5, 0.6) is 5.88 Å². The molecule has 24 heavy (non-hydrogen) atoms. The van der Waals surface area contributed by atoms with E-state index in [4.69, 9.17) is 9.47 Å². The van der Waals surface area contributed by atoms with Gasteiger partial charge < -0.3 is 19.9 Å². The molecule has 3 heterocycles. The number of hydrogen-bond acceptors (Lipinski definition) is 8. The van der Waals surface area contributed by atoms with Gasteiger partial charge in [0.25, 0.3) is 0 Å². The molecule has 2 aromatic rings. The first-order valence-corrected chi connectivity index (χ1v) is 7.87. The van der Waals surface area contributed by atoms with Crippen molar-refractivity contribution in [2.24, 2.45) is 0 Å². The lowest BCUT2D eigenvalue weighted by Crippen LogP contribution is -2.42. The molecule has 0 aliphatic carbocycles. The Morgan fingerprint density at radius 2 is 2.21 bits per heavy atom. The molecule has 1 atom stereocenters. The van der Waals surface area contributed by atoms with Gasteiger partial charge in [-0.2, -0.15) is 10.1 Å². The van der Waals surface area contributed by atoms with Gasteiger partial charge in [0.2, 0.25) is 11.8 Å². The van der Waals surface area contributed by atoms with Crippen LogP contribution in [0, 0.1) is 0 Å². The third-order valence-electron chi connectivity index (χ3n) is 3.70. The maximum Gasteiger partial charge on any atom is 0.230 e. The third-order valence-corrected chi connectivity index (χ3v) is 3.70. The van der Waals surface area contributed by atoms with Crippen molar-refractivity contribution in [1.29, 1.82) is 0 Å². The van der Waals surface area contributed by atoms with Crippen LogP contribution in [0.2, 0.25) is 0 Å². The van der Waals surface area contributed by atoms with E-state index in [1.165, 1.54) is 0 Å². The number of hydrogen-bond donors (Lipinski definition) is 2. The Kier molecular flexibility index (Phi) is 5.57. The Hall–Kier alpha value is -2.23. The van der Waals surface area contributed by atoms with Crippen LogP contribution in [-0.2, 0) is 11.3 Å². The maximum atomic E-state index is 10.2. The molecule has 0 amide bonds. The van der Waals surface area contributed by atoms with Crippen molar-refractivity contribution in [1.82, 2.24) is 24.6 Å². The number of anilines is 2. The molecule has 1 saturated heterocycles. The topological polar surface area (TPSA) is 97.6 Å². The predicted octanol–water partition coefficient (Wildman–Crippen LogP) is 0.118. The van der Waals surface area contributed by atoms with Crippen LogP contribution >= 0.6 is 0 Å². The van der Waals surface area contributed by atoms with Gasteiger partial charge in [-0.1, -0.05) is 0 Å². The van der Waals surface area contributed by atoms with Crippen molar-refractivity contribution in [3.8, 4) is 5.88 Å². The first-order chi connectivity index (χ1) is 11.7. The summed E-state index contributed by atoms with van der Waals surface area (Å²) in [6, 6.07) is 1.68. The third kappa shape index (κ3) is 4.63. The fourth-order valence-electron chi connectivity index (χ4n) is 2.53. The van der Waals surface area contributed by atoms with E-state index >= 15 is 0 Å². The van der Waals surface area contributed by atoms with E-state index in [9.17, 15) is 5.11 Å². The largest absolute Gasteiger partial charge is 0.481 e. The minimum Gasteiger partial charge on any atom is -0.481 e. The number of rotatable bonds is 7. The normalized spacial score (nSPS) is 16.8. The Morgan fingerprint density at radius 1 is 1.38 bits per heavy atom. The molecule has 130 valence electrons. The number of aliphatic hydroxyl groups is 1. The van der Waals surface area contributed by atoms with Crippen molar-refractivity contribution in [3.63, 3.8) is 0 Å². The highest BCUT2D eigenvalue weighted by atomic mass is 16.5. The molecule has 3 rings (SSSR count). The second kappa shape index (κ2) is 8.04. The summed E-state index contributed by atoms with van der Waals surface area (Å²) in [5.41, 5.74) is 0.752. The smallest absolute Gasteiger partial charge is 0.230 e. The molecule has 1 aliphatic heterocycles. The zero-order valence-corrected chi connectivity index (χ0v) is 13.6. The zero-order valence-electron chi connectivity index (χ0n) is 13.6. The monoisotopic (exact) mass is 334 g/mol. The van der Waals surface area contributed by atoms with E-state index in [2.05, 4.69) is 25.3 Å². The van der Waals surface area contributed by atoms with Crippen LogP contribution in [-0.4, -0.2) is 75.8 Å². The number of nitrogens with one attached hydrogen (secondary N) is 1. The molecular weight excluding hydrogens is 312 g/mol. The van der Waals surface area contributed by atoms with Crippen LogP contribution < -0.4 is 10.1 Å². The Bertz CT molecular complexity index is 644. The van der Waals surface area contributed by atoms with Gasteiger partial charge in [0.1, 0.15) is 0 Å². The highest BCUT2D eigenvalue weighted by molar-refractivity contribution is 5.50. The molecule has 1 fully saturated rings. The first-order valence-electron chi connectivity index (χ1n) is 7.87. The summed E-state index contributed by atoms with van der Waals surface area (Å²) in [5.74, 6) is 0.920. The van der Waals surface area contributed by atoms with Crippen molar-refractivity contribution >= 4 is 11.6 Å². The summed E-state index contributed by atoms with van der Waals surface area (Å²) < 4.78 is 12.1. The van der Waals surface area contributed by atoms with Crippen LogP contribution in [0.25, 0.3) is 0 Å². The molecule has 0 saturated carbocycles. The maximum absolute atomic E-state index is 10.2. The highest BCUT2D eigenvalue weighted by Gasteiger charge is 2.15. The Labute approximate surface area is 140 Å². The Morgan fingerprint density at radius 3 is 3.00 bits per heavy atom. The summed E-state index contributed by atoms with van der Waals surface area (Å²) in [6.45, 7) is 4.21. The lowest BCUT2D eigenvalue weighted by Gasteiger charge is -2.28. The molecule has 1 aliphatic rings. The van der Waals surface area contributed by atoms with Gasteiger partial charge in [-0.25, -0.2) is 4.98 Å². The number of aliphatic hydroxyl groups excluding tert-OH is 1. The van der Waals surface area contributed by atoms with E-state index in [0.717, 1.165) is 32.0 Å². The van der Waals surface area contributed by atoms with Crippen molar-refractivity contribution in [2.75, 3.05) is 45.3 Å². The van der Waals surface area contributed by atoms with E-state index in [-0.39, 0.29) is 0 Å². The average molecular weight is 334 g/mol. The molecule has 0 unspecified atom stereocenters. The quantitative estimate of drug-likeness (QED) is 0.737. The molecule has 9 heteroatoms. The number of morpholine rings is 1. The summed E-state index contributed by atoms with van der Waals surface area (Å²) in [7, 11) is 1.56. The van der Waals surface area contributed by atoms with E-state index in [0.29, 0.717) is 24.9 Å². The lowest BCUT2D eigenvalue weighted by molar-refractivity contribution is 0.0108. The second-order valence-electron chi connectivity index (χ2n) is 5.57. The van der Waals surface area contributed by atoms with Crippen molar-refractivity contribution in [2.45, 2.75) is 12.6 Å². The van der Waals surface area contributed by atoms with Crippen LogP contribution in [0.3, 0.4) is 0 Å². The van der Waals surface area contributed by atoms with Crippen LogP contribution in [0.15, 0.2) is 24.7 Å². The molecule has 2 aromatic heterocycles. The molecule has 0 spiro atoms. The van der Waals surface area contributed by atoms with Gasteiger partial charge in [-0.3, -0.25) is 9.58 Å². The highest BCUT2D eigenvalue weighted by Crippen LogP contribution is 2.14. The molecule has 9 nitrogen and oxygen atoms in total. The minimum absolute atomic E-state index is 0.429. The first kappa shape index (κ1) is 16.6. The molecule has 0 aromatic carbocycles. The summed E-state index contributed by atoms with van der Waals surface area (Å²) in [6.07, 6.45) is 4.62. The van der Waals surface area contributed by atoms with Gasteiger partial charge in [-0.05, 0) is 0 Å². The number of nitrogens with zero attached hydrogens (tertiary/aromatic N) is 5. The number of β-amino-alcohol motifs (C(OH)–C–C–N with tert-alkyl or cyclic N) is 1. The van der Waals surface area contributed by atoms with E-state index in [1.807, 2.05) is 6.20 Å². The van der Waals surface area contributed by atoms with E-state index < -0.39 is 6.10 Å². The summed E-state index contributed by atoms with van der Waals surface area (Å²) in [5, 5.41) is 17.5. The predicted molar refractivity (Wildman–Crippen MR) is 87.4 cm³/mol. The van der Waals surface area contributed by atoms with Gasteiger partial charge in [0.05, 0.1) is 44.9 Å². The fraction of sp³-hybridized carbons (Fsp3) is 0.533. The fourth-order valence-corrected chi connectivity index (χ4v) is 2.53. The Balaban J connectivity index is 1.52. The summed E-state index contributed by atoms with van der Waals surface area (Å²) in [4.78, 5) is 10.5. The molecule has 2 N–H and O–H groups in total. The standard InChI is InChI=1S/C15H22N6O3/c1-23-14-2-3-16-15(19-14)18-12-8-17-21(9-12)11-13(22)10-20-4-6-24-7-5-20/h2-3,8-9,13,22H,4-7,10-11H2,1H3,(H,16,18,19)/t13-/m1/s1. The van der Waals surface area contributed by atoms with Crippen molar-refractivity contribution < 1.29 is 14.6 Å². The minimum atomic E-state index is -0.482. The average Bonchev–Trinajstić information content (AvgIpc) is 3.02. The number of methoxy groups -OCH3 is 1. The number of aromatic nitrogens is 4. The molecule has 0 radical (unpaired) electrons. The van der Waals surface area contributed by atoms with E-state index in [1.54, 1.807) is 30.3 Å². The van der Waals surface area contributed by atoms with Gasteiger partial charge in [0, 0.05) is 38.1 Å². The SMILES string of the molecule is COc1ccnc(Nc2cnn(C[C@H](O)CN3CCOCC3)c2)n1. The summed E-state index contributed by atoms with van der Waals surface area (Å²) >= 11 is 0. The zero-order chi connectivity index (χ0) is 16.8. The van der Waals surface area contributed by atoms with Gasteiger partial charge in [-0.15, -0.1) is 0 Å². The second-order valence-corrected chi connectivity index (χ2v) is 5.57. The molecule has 0 bridgehead atoms. The van der Waals surface area contributed by atoms with Crippen molar-refractivity contribution in [3.05, 3.63) is 24.7 Å². The molecular formula is C15H22N6O3. The van der Waals surface area contributed by atoms with Gasteiger partial charge in [0.15, 0.2) is 0 Å². The van der Waals surface area contributed by atoms with Gasteiger partial charge >= 0.3 is 0 Å². The lowest BCUT2D eigenvalue weighted by atomic mass is 10.3. The number of ether oxygens (including phenoxy) is 2. The van der Waals surface area contributed by atoms with Crippen LogP contribution in [0.4, 0.5) is 11.6 Å². The van der Waals surface area contributed by atoms with Crippen LogP contribution in [0.1, 0.15) is 0 Å².